The average molecular weight is 468 g/mol. The highest BCUT2D eigenvalue weighted by molar-refractivity contribution is 5.95. The Morgan fingerprint density at radius 3 is 2.34 bits per heavy atom. The number of hydrogen-bond donors (Lipinski definition) is 2. The van der Waals surface area contributed by atoms with E-state index in [2.05, 4.69) is 5.32 Å². The number of nitrogens with two attached hydrogens (primary N) is 1. The second-order valence-corrected chi connectivity index (χ2v) is 8.02. The molecule has 7 heteroatoms. The standard InChI is InChI=1S/C28H25N3O4/c29-27(33)24-8-1-2-9-25(24)35-19-22-6-5-7-23(16-22)28(34)30-17-20-11-13-21(14-12-20)18-31-15-4-3-10-26(31)32/h1-16H,17-19H2,(H2,29,33)(H,30,34). The lowest BCUT2D eigenvalue weighted by atomic mass is 10.1. The Labute approximate surface area is 202 Å². The number of hydrogen-bond acceptors (Lipinski definition) is 4. The Bertz CT molecular complexity index is 1390. The van der Waals surface area contributed by atoms with Gasteiger partial charge in [0.25, 0.3) is 17.4 Å². The van der Waals surface area contributed by atoms with Crippen molar-refractivity contribution in [2.45, 2.75) is 19.7 Å². The van der Waals surface area contributed by atoms with E-state index in [1.165, 1.54) is 6.07 Å². The van der Waals surface area contributed by atoms with E-state index in [1.807, 2.05) is 36.4 Å². The predicted molar refractivity (Wildman–Crippen MR) is 133 cm³/mol. The molecule has 4 aromatic rings. The van der Waals surface area contributed by atoms with Gasteiger partial charge in [0.2, 0.25) is 0 Å². The molecule has 0 spiro atoms. The quantitative estimate of drug-likeness (QED) is 0.393. The first-order valence-electron chi connectivity index (χ1n) is 11.1. The van der Waals surface area contributed by atoms with E-state index < -0.39 is 5.91 Å². The van der Waals surface area contributed by atoms with Crippen LogP contribution in [0.3, 0.4) is 0 Å². The third-order valence-corrected chi connectivity index (χ3v) is 5.46. The minimum absolute atomic E-state index is 0.0476. The van der Waals surface area contributed by atoms with E-state index in [9.17, 15) is 14.4 Å². The van der Waals surface area contributed by atoms with Crippen LogP contribution in [0.1, 0.15) is 37.4 Å². The molecule has 1 heterocycles. The fourth-order valence-corrected chi connectivity index (χ4v) is 3.59. The lowest BCUT2D eigenvalue weighted by molar-refractivity contribution is 0.0949. The average Bonchev–Trinajstić information content (AvgIpc) is 2.88. The van der Waals surface area contributed by atoms with Gasteiger partial charge in [-0.15, -0.1) is 0 Å². The summed E-state index contributed by atoms with van der Waals surface area (Å²) in [6.07, 6.45) is 1.76. The van der Waals surface area contributed by atoms with E-state index in [4.69, 9.17) is 10.5 Å². The molecule has 0 aliphatic carbocycles. The molecule has 0 radical (unpaired) electrons. The molecule has 4 rings (SSSR count). The van der Waals surface area contributed by atoms with Gasteiger partial charge in [-0.05, 0) is 47.0 Å². The largest absolute Gasteiger partial charge is 0.488 e. The number of benzene rings is 3. The van der Waals surface area contributed by atoms with Gasteiger partial charge < -0.3 is 20.4 Å². The van der Waals surface area contributed by atoms with Crippen molar-refractivity contribution in [2.75, 3.05) is 0 Å². The topological polar surface area (TPSA) is 103 Å². The van der Waals surface area contributed by atoms with Gasteiger partial charge in [-0.25, -0.2) is 0 Å². The normalized spacial score (nSPS) is 10.5. The van der Waals surface area contributed by atoms with Gasteiger partial charge in [0, 0.05) is 24.4 Å². The summed E-state index contributed by atoms with van der Waals surface area (Å²) in [7, 11) is 0. The third-order valence-electron chi connectivity index (χ3n) is 5.46. The summed E-state index contributed by atoms with van der Waals surface area (Å²) in [6.45, 7) is 1.06. The molecule has 1 aromatic heterocycles. The van der Waals surface area contributed by atoms with Gasteiger partial charge in [0.1, 0.15) is 12.4 Å². The van der Waals surface area contributed by atoms with Crippen molar-refractivity contribution >= 4 is 11.8 Å². The summed E-state index contributed by atoms with van der Waals surface area (Å²) in [5, 5.41) is 2.92. The third kappa shape index (κ3) is 6.23. The number of para-hydroxylation sites is 1. The number of pyridine rings is 1. The van der Waals surface area contributed by atoms with Gasteiger partial charge in [0.15, 0.2) is 0 Å². The fraction of sp³-hybridized carbons (Fsp3) is 0.107. The molecule has 3 N–H and O–H groups in total. The molecular weight excluding hydrogens is 442 g/mol. The van der Waals surface area contributed by atoms with E-state index in [0.29, 0.717) is 30.0 Å². The summed E-state index contributed by atoms with van der Waals surface area (Å²) >= 11 is 0. The highest BCUT2D eigenvalue weighted by atomic mass is 16.5. The van der Waals surface area contributed by atoms with Crippen LogP contribution in [0, 0.1) is 0 Å². The van der Waals surface area contributed by atoms with Crippen LogP contribution in [0.4, 0.5) is 0 Å². The molecule has 0 unspecified atom stereocenters. The zero-order chi connectivity index (χ0) is 24.6. The predicted octanol–water partition coefficient (Wildman–Crippen LogP) is 3.50. The van der Waals surface area contributed by atoms with Crippen molar-refractivity contribution in [1.82, 2.24) is 9.88 Å². The molecule has 0 aliphatic heterocycles. The molecule has 0 atom stereocenters. The molecule has 2 amide bonds. The maximum atomic E-state index is 12.7. The Morgan fingerprint density at radius 2 is 1.57 bits per heavy atom. The second-order valence-electron chi connectivity index (χ2n) is 8.02. The summed E-state index contributed by atoms with van der Waals surface area (Å²) in [6, 6.07) is 26.7. The first-order chi connectivity index (χ1) is 17.0. The Hall–Kier alpha value is -4.65. The lowest BCUT2D eigenvalue weighted by Crippen LogP contribution is -2.23. The number of primary amides is 1. The minimum Gasteiger partial charge on any atom is -0.488 e. The molecule has 176 valence electrons. The highest BCUT2D eigenvalue weighted by Gasteiger charge is 2.10. The van der Waals surface area contributed by atoms with Crippen LogP contribution in [0.2, 0.25) is 0 Å². The number of ether oxygens (including phenoxy) is 1. The molecule has 0 bridgehead atoms. The number of aromatic nitrogens is 1. The molecule has 0 fully saturated rings. The highest BCUT2D eigenvalue weighted by Crippen LogP contribution is 2.19. The monoisotopic (exact) mass is 467 g/mol. The van der Waals surface area contributed by atoms with E-state index in [0.717, 1.165) is 16.7 Å². The molecule has 0 saturated carbocycles. The van der Waals surface area contributed by atoms with E-state index in [1.54, 1.807) is 59.3 Å². The minimum atomic E-state index is -0.560. The Balaban J connectivity index is 1.33. The SMILES string of the molecule is NC(=O)c1ccccc1OCc1cccc(C(=O)NCc2ccc(Cn3ccccc3=O)cc2)c1. The van der Waals surface area contributed by atoms with Crippen molar-refractivity contribution in [3.8, 4) is 5.75 Å². The molecule has 3 aromatic carbocycles. The number of nitrogens with one attached hydrogen (secondary N) is 1. The summed E-state index contributed by atoms with van der Waals surface area (Å²) < 4.78 is 7.39. The van der Waals surface area contributed by atoms with Gasteiger partial charge >= 0.3 is 0 Å². The van der Waals surface area contributed by atoms with Crippen LogP contribution in [-0.4, -0.2) is 16.4 Å². The zero-order valence-corrected chi connectivity index (χ0v) is 19.0. The van der Waals surface area contributed by atoms with Crippen LogP contribution in [0.25, 0.3) is 0 Å². The zero-order valence-electron chi connectivity index (χ0n) is 19.0. The summed E-state index contributed by atoms with van der Waals surface area (Å²) in [5.74, 6) is -0.365. The van der Waals surface area contributed by atoms with Crippen LogP contribution in [-0.2, 0) is 19.7 Å². The molecule has 0 saturated heterocycles. The van der Waals surface area contributed by atoms with Crippen LogP contribution in [0.15, 0.2) is 102 Å². The van der Waals surface area contributed by atoms with E-state index >= 15 is 0 Å². The Morgan fingerprint density at radius 1 is 0.829 bits per heavy atom. The fourth-order valence-electron chi connectivity index (χ4n) is 3.59. The van der Waals surface area contributed by atoms with E-state index in [-0.39, 0.29) is 18.1 Å². The number of rotatable bonds is 9. The van der Waals surface area contributed by atoms with Crippen LogP contribution >= 0.6 is 0 Å². The number of carbonyl (C=O) groups is 2. The van der Waals surface area contributed by atoms with Crippen molar-refractivity contribution in [1.29, 1.82) is 0 Å². The van der Waals surface area contributed by atoms with Crippen molar-refractivity contribution in [3.05, 3.63) is 135 Å². The van der Waals surface area contributed by atoms with Crippen LogP contribution < -0.4 is 21.3 Å². The Kier molecular flexibility index (Phi) is 7.37. The smallest absolute Gasteiger partial charge is 0.252 e. The van der Waals surface area contributed by atoms with Gasteiger partial charge in [-0.1, -0.05) is 54.6 Å². The number of carbonyl (C=O) groups excluding carboxylic acids is 2. The van der Waals surface area contributed by atoms with Crippen molar-refractivity contribution in [3.63, 3.8) is 0 Å². The van der Waals surface area contributed by atoms with Gasteiger partial charge in [-0.3, -0.25) is 14.4 Å². The molecular formula is C28H25N3O4. The maximum absolute atomic E-state index is 12.7. The molecule has 7 nitrogen and oxygen atoms in total. The van der Waals surface area contributed by atoms with Crippen LogP contribution in [0.5, 0.6) is 5.75 Å². The number of amides is 2. The lowest BCUT2D eigenvalue weighted by Gasteiger charge is -2.11. The first kappa shape index (κ1) is 23.5. The second kappa shape index (κ2) is 11.0. The molecule has 35 heavy (non-hydrogen) atoms. The maximum Gasteiger partial charge on any atom is 0.252 e. The van der Waals surface area contributed by atoms with Gasteiger partial charge in [-0.2, -0.15) is 0 Å². The number of nitrogens with zero attached hydrogens (tertiary/aromatic N) is 1. The van der Waals surface area contributed by atoms with Gasteiger partial charge in [0.05, 0.1) is 12.1 Å². The van der Waals surface area contributed by atoms with Crippen molar-refractivity contribution < 1.29 is 14.3 Å². The summed E-state index contributed by atoms with van der Waals surface area (Å²) in [4.78, 5) is 36.1. The van der Waals surface area contributed by atoms with Crippen molar-refractivity contribution in [2.24, 2.45) is 5.73 Å². The summed E-state index contributed by atoms with van der Waals surface area (Å²) in [5.41, 5.74) is 8.90. The first-order valence-corrected chi connectivity index (χ1v) is 11.1. The molecule has 0 aliphatic rings.